The van der Waals surface area contributed by atoms with E-state index in [4.69, 9.17) is 0 Å². The van der Waals surface area contributed by atoms with Gasteiger partial charge in [-0.15, -0.1) is 11.3 Å². The lowest BCUT2D eigenvalue weighted by atomic mass is 9.90. The standard InChI is InChI=1S/C21H24N2O2S/c24-20(22-18-10-3-7-15-6-1-2-9-17(15)18)16-8-4-12-23(14-16)21(25)19-11-5-13-26-19/h3,5,7,10-11,13,16H,1-2,4,6,8-9,12,14H2,(H,22,24). The van der Waals surface area contributed by atoms with Gasteiger partial charge in [0.1, 0.15) is 0 Å². The molecule has 26 heavy (non-hydrogen) atoms. The molecule has 1 aliphatic carbocycles. The molecule has 0 spiro atoms. The number of rotatable bonds is 3. The lowest BCUT2D eigenvalue weighted by Crippen LogP contribution is -2.43. The van der Waals surface area contributed by atoms with E-state index in [9.17, 15) is 9.59 Å². The zero-order valence-electron chi connectivity index (χ0n) is 14.9. The van der Waals surface area contributed by atoms with Crippen LogP contribution in [-0.2, 0) is 17.6 Å². The van der Waals surface area contributed by atoms with Crippen LogP contribution in [0.4, 0.5) is 5.69 Å². The van der Waals surface area contributed by atoms with Crippen molar-refractivity contribution < 1.29 is 9.59 Å². The second kappa shape index (κ2) is 7.62. The topological polar surface area (TPSA) is 49.4 Å². The molecule has 0 radical (unpaired) electrons. The molecule has 2 heterocycles. The van der Waals surface area contributed by atoms with Crippen LogP contribution in [0, 0.1) is 5.92 Å². The summed E-state index contributed by atoms with van der Waals surface area (Å²) in [6, 6.07) is 9.97. The van der Waals surface area contributed by atoms with Crippen LogP contribution in [0.1, 0.15) is 46.5 Å². The molecule has 4 rings (SSSR count). The summed E-state index contributed by atoms with van der Waals surface area (Å²) in [5.41, 5.74) is 3.63. The number of amides is 2. The molecule has 1 aromatic heterocycles. The number of likely N-dealkylation sites (tertiary alicyclic amines) is 1. The van der Waals surface area contributed by atoms with Gasteiger partial charge < -0.3 is 10.2 Å². The van der Waals surface area contributed by atoms with E-state index in [0.717, 1.165) is 42.8 Å². The number of nitrogens with one attached hydrogen (secondary N) is 1. The Balaban J connectivity index is 1.44. The van der Waals surface area contributed by atoms with E-state index in [1.54, 1.807) is 0 Å². The van der Waals surface area contributed by atoms with E-state index in [-0.39, 0.29) is 17.7 Å². The van der Waals surface area contributed by atoms with Gasteiger partial charge in [0.2, 0.25) is 5.91 Å². The lowest BCUT2D eigenvalue weighted by molar-refractivity contribution is -0.121. The predicted molar refractivity (Wildman–Crippen MR) is 105 cm³/mol. The van der Waals surface area contributed by atoms with E-state index >= 15 is 0 Å². The highest BCUT2D eigenvalue weighted by Gasteiger charge is 2.29. The lowest BCUT2D eigenvalue weighted by Gasteiger charge is -2.32. The van der Waals surface area contributed by atoms with Crippen molar-refractivity contribution in [3.05, 3.63) is 51.7 Å². The van der Waals surface area contributed by atoms with Gasteiger partial charge in [0.25, 0.3) is 5.91 Å². The molecule has 2 amide bonds. The third-order valence-corrected chi connectivity index (χ3v) is 6.32. The van der Waals surface area contributed by atoms with Gasteiger partial charge in [-0.25, -0.2) is 0 Å². The third-order valence-electron chi connectivity index (χ3n) is 5.47. The Hall–Kier alpha value is -2.14. The number of benzene rings is 1. The maximum absolute atomic E-state index is 12.9. The number of carbonyl (C=O) groups is 2. The van der Waals surface area contributed by atoms with Crippen LogP contribution >= 0.6 is 11.3 Å². The number of hydrogen-bond donors (Lipinski definition) is 1. The van der Waals surface area contributed by atoms with Crippen molar-refractivity contribution in [1.29, 1.82) is 0 Å². The number of fused-ring (bicyclic) bond motifs is 1. The van der Waals surface area contributed by atoms with Gasteiger partial charge in [0.05, 0.1) is 10.8 Å². The van der Waals surface area contributed by atoms with Crippen LogP contribution in [0.25, 0.3) is 0 Å². The molecule has 0 bridgehead atoms. The number of hydrogen-bond acceptors (Lipinski definition) is 3. The Bertz CT molecular complexity index is 800. The summed E-state index contributed by atoms with van der Waals surface area (Å²) in [6.07, 6.45) is 6.28. The fourth-order valence-electron chi connectivity index (χ4n) is 4.06. The number of aryl methyl sites for hydroxylation is 1. The maximum Gasteiger partial charge on any atom is 0.263 e. The largest absolute Gasteiger partial charge is 0.337 e. The van der Waals surface area contributed by atoms with Crippen LogP contribution in [-0.4, -0.2) is 29.8 Å². The Labute approximate surface area is 158 Å². The minimum atomic E-state index is -0.132. The van der Waals surface area contributed by atoms with Crippen molar-refractivity contribution in [1.82, 2.24) is 4.90 Å². The molecule has 136 valence electrons. The van der Waals surface area contributed by atoms with Crippen LogP contribution in [0.15, 0.2) is 35.7 Å². The zero-order valence-corrected chi connectivity index (χ0v) is 15.7. The molecule has 4 nitrogen and oxygen atoms in total. The van der Waals surface area contributed by atoms with Crippen molar-refractivity contribution in [3.63, 3.8) is 0 Å². The fraction of sp³-hybridized carbons (Fsp3) is 0.429. The molecule has 1 saturated heterocycles. The molecule has 0 saturated carbocycles. The molecular weight excluding hydrogens is 344 g/mol. The van der Waals surface area contributed by atoms with Crippen LogP contribution in [0.3, 0.4) is 0 Å². The molecule has 1 aliphatic heterocycles. The van der Waals surface area contributed by atoms with E-state index in [1.165, 1.54) is 35.3 Å². The summed E-state index contributed by atoms with van der Waals surface area (Å²) >= 11 is 1.46. The summed E-state index contributed by atoms with van der Waals surface area (Å²) in [4.78, 5) is 28.0. The summed E-state index contributed by atoms with van der Waals surface area (Å²) in [5, 5.41) is 5.08. The van der Waals surface area contributed by atoms with Crippen LogP contribution in [0.2, 0.25) is 0 Å². The first-order chi connectivity index (χ1) is 12.7. The van der Waals surface area contributed by atoms with E-state index < -0.39 is 0 Å². The van der Waals surface area contributed by atoms with Crippen molar-refractivity contribution in [2.45, 2.75) is 38.5 Å². The van der Waals surface area contributed by atoms with Crippen molar-refractivity contribution in [2.24, 2.45) is 5.92 Å². The van der Waals surface area contributed by atoms with Gasteiger partial charge in [-0.1, -0.05) is 18.2 Å². The van der Waals surface area contributed by atoms with Gasteiger partial charge in [-0.2, -0.15) is 0 Å². The first kappa shape index (κ1) is 17.3. The summed E-state index contributed by atoms with van der Waals surface area (Å²) in [5.74, 6) is -0.0330. The molecule has 1 N–H and O–H groups in total. The van der Waals surface area contributed by atoms with Crippen molar-refractivity contribution in [2.75, 3.05) is 18.4 Å². The first-order valence-corrected chi connectivity index (χ1v) is 10.3. The molecule has 1 atom stereocenters. The van der Waals surface area contributed by atoms with E-state index in [1.807, 2.05) is 34.5 Å². The number of anilines is 1. The highest BCUT2D eigenvalue weighted by Crippen LogP contribution is 2.29. The predicted octanol–water partition coefficient (Wildman–Crippen LogP) is 4.12. The van der Waals surface area contributed by atoms with Gasteiger partial charge >= 0.3 is 0 Å². The number of carbonyl (C=O) groups excluding carboxylic acids is 2. The van der Waals surface area contributed by atoms with Crippen molar-refractivity contribution in [3.8, 4) is 0 Å². The second-order valence-corrected chi connectivity index (χ2v) is 8.15. The van der Waals surface area contributed by atoms with Gasteiger partial charge in [-0.05, 0) is 67.2 Å². The molecule has 2 aliphatic rings. The molecule has 1 aromatic carbocycles. The van der Waals surface area contributed by atoms with E-state index in [0.29, 0.717) is 6.54 Å². The Morgan fingerprint density at radius 2 is 1.96 bits per heavy atom. The minimum Gasteiger partial charge on any atom is -0.337 e. The quantitative estimate of drug-likeness (QED) is 0.886. The van der Waals surface area contributed by atoms with Crippen LogP contribution in [0.5, 0.6) is 0 Å². The summed E-state index contributed by atoms with van der Waals surface area (Å²) in [6.45, 7) is 1.25. The van der Waals surface area contributed by atoms with Crippen molar-refractivity contribution >= 4 is 28.8 Å². The molecule has 1 fully saturated rings. The summed E-state index contributed by atoms with van der Waals surface area (Å²) in [7, 11) is 0. The zero-order chi connectivity index (χ0) is 17.9. The monoisotopic (exact) mass is 368 g/mol. The molecule has 1 unspecified atom stereocenters. The smallest absolute Gasteiger partial charge is 0.263 e. The van der Waals surface area contributed by atoms with Gasteiger partial charge in [-0.3, -0.25) is 9.59 Å². The first-order valence-electron chi connectivity index (χ1n) is 9.47. The highest BCUT2D eigenvalue weighted by molar-refractivity contribution is 7.12. The normalized spacial score (nSPS) is 19.7. The van der Waals surface area contributed by atoms with Gasteiger partial charge in [0.15, 0.2) is 0 Å². The summed E-state index contributed by atoms with van der Waals surface area (Å²) < 4.78 is 0. The van der Waals surface area contributed by atoms with E-state index in [2.05, 4.69) is 11.4 Å². The van der Waals surface area contributed by atoms with Gasteiger partial charge in [0, 0.05) is 18.8 Å². The Kier molecular flexibility index (Phi) is 5.07. The Morgan fingerprint density at radius 1 is 1.08 bits per heavy atom. The highest BCUT2D eigenvalue weighted by atomic mass is 32.1. The number of piperidine rings is 1. The molecule has 2 aromatic rings. The number of nitrogens with zero attached hydrogens (tertiary/aromatic N) is 1. The average Bonchev–Trinajstić information content (AvgIpc) is 3.22. The number of thiophene rings is 1. The third kappa shape index (κ3) is 3.54. The fourth-order valence-corrected chi connectivity index (χ4v) is 4.76. The van der Waals surface area contributed by atoms with Crippen LogP contribution < -0.4 is 5.32 Å². The second-order valence-electron chi connectivity index (χ2n) is 7.21. The SMILES string of the molecule is O=C(Nc1cccc2c1CCCC2)C1CCCN(C(=O)c2cccs2)C1. The minimum absolute atomic E-state index is 0.0488. The molecular formula is C21H24N2O2S. The molecule has 5 heteroatoms. The average molecular weight is 369 g/mol. The maximum atomic E-state index is 12.9. The Morgan fingerprint density at radius 3 is 2.81 bits per heavy atom.